The van der Waals surface area contributed by atoms with E-state index in [0.717, 1.165) is 22.5 Å². The highest BCUT2D eigenvalue weighted by Crippen LogP contribution is 2.14. The SMILES string of the molecule is Cc1nc2ncnn2c(C)c1CCC(=O)NCc1ccc(C#N)cc1. The highest BCUT2D eigenvalue weighted by atomic mass is 16.1. The van der Waals surface area contributed by atoms with Gasteiger partial charge < -0.3 is 5.32 Å². The van der Waals surface area contributed by atoms with Gasteiger partial charge in [-0.3, -0.25) is 4.79 Å². The Labute approximate surface area is 145 Å². The molecule has 0 fully saturated rings. The number of hydrogen-bond donors (Lipinski definition) is 1. The number of carbonyl (C=O) groups is 1. The Bertz CT molecular complexity index is 952. The third-order valence-electron chi connectivity index (χ3n) is 4.16. The minimum Gasteiger partial charge on any atom is -0.352 e. The van der Waals surface area contributed by atoms with Crippen LogP contribution in [0.3, 0.4) is 0 Å². The van der Waals surface area contributed by atoms with E-state index in [4.69, 9.17) is 5.26 Å². The molecule has 126 valence electrons. The summed E-state index contributed by atoms with van der Waals surface area (Å²) >= 11 is 0. The molecule has 0 aliphatic rings. The molecule has 1 amide bonds. The molecule has 25 heavy (non-hydrogen) atoms. The number of rotatable bonds is 5. The Morgan fingerprint density at radius 3 is 2.76 bits per heavy atom. The average molecular weight is 334 g/mol. The van der Waals surface area contributed by atoms with Crippen LogP contribution in [0.2, 0.25) is 0 Å². The first-order valence-electron chi connectivity index (χ1n) is 8.00. The van der Waals surface area contributed by atoms with Gasteiger partial charge in [-0.1, -0.05) is 12.1 Å². The summed E-state index contributed by atoms with van der Waals surface area (Å²) in [5, 5.41) is 15.8. The van der Waals surface area contributed by atoms with Crippen LogP contribution in [0.4, 0.5) is 0 Å². The lowest BCUT2D eigenvalue weighted by Gasteiger charge is -2.10. The van der Waals surface area contributed by atoms with Crippen molar-refractivity contribution in [1.29, 1.82) is 5.26 Å². The molecule has 3 rings (SSSR count). The summed E-state index contributed by atoms with van der Waals surface area (Å²) in [5.41, 5.74) is 4.42. The topological polar surface area (TPSA) is 96.0 Å². The minimum atomic E-state index is -0.0261. The highest BCUT2D eigenvalue weighted by molar-refractivity contribution is 5.76. The number of fused-ring (bicyclic) bond motifs is 1. The molecule has 1 N–H and O–H groups in total. The van der Waals surface area contributed by atoms with Gasteiger partial charge in [-0.05, 0) is 43.5 Å². The molecule has 0 saturated carbocycles. The second-order valence-electron chi connectivity index (χ2n) is 5.82. The number of amides is 1. The summed E-state index contributed by atoms with van der Waals surface area (Å²) in [4.78, 5) is 20.6. The Morgan fingerprint density at radius 1 is 1.28 bits per heavy atom. The number of carbonyl (C=O) groups excluding carboxylic acids is 1. The Balaban J connectivity index is 1.59. The third kappa shape index (κ3) is 3.63. The average Bonchev–Trinajstić information content (AvgIpc) is 3.08. The first kappa shape index (κ1) is 16.6. The van der Waals surface area contributed by atoms with Crippen molar-refractivity contribution in [3.63, 3.8) is 0 Å². The summed E-state index contributed by atoms with van der Waals surface area (Å²) in [5.74, 6) is 0.547. The maximum Gasteiger partial charge on any atom is 0.252 e. The lowest BCUT2D eigenvalue weighted by Crippen LogP contribution is -2.23. The second-order valence-corrected chi connectivity index (χ2v) is 5.82. The molecule has 0 unspecified atom stereocenters. The summed E-state index contributed by atoms with van der Waals surface area (Å²) in [6, 6.07) is 9.25. The van der Waals surface area contributed by atoms with Gasteiger partial charge in [-0.15, -0.1) is 0 Å². The molecule has 0 spiro atoms. The fourth-order valence-corrected chi connectivity index (χ4v) is 2.74. The molecule has 0 atom stereocenters. The van der Waals surface area contributed by atoms with Gasteiger partial charge in [0.15, 0.2) is 0 Å². The van der Waals surface area contributed by atoms with E-state index in [-0.39, 0.29) is 5.91 Å². The van der Waals surface area contributed by atoms with Crippen LogP contribution < -0.4 is 5.32 Å². The van der Waals surface area contributed by atoms with Crippen LogP contribution in [0.25, 0.3) is 5.78 Å². The van der Waals surface area contributed by atoms with Crippen molar-refractivity contribution in [3.8, 4) is 6.07 Å². The zero-order valence-electron chi connectivity index (χ0n) is 14.2. The molecule has 7 nitrogen and oxygen atoms in total. The summed E-state index contributed by atoms with van der Waals surface area (Å²) < 4.78 is 1.69. The molecule has 2 aromatic heterocycles. The van der Waals surface area contributed by atoms with E-state index >= 15 is 0 Å². The van der Waals surface area contributed by atoms with Gasteiger partial charge in [-0.25, -0.2) is 9.50 Å². The van der Waals surface area contributed by atoms with E-state index in [1.807, 2.05) is 26.0 Å². The standard InChI is InChI=1S/C18H18N6O/c1-12-16(13(2)24-18(23-12)21-11-22-24)7-8-17(25)20-10-15-5-3-14(9-19)4-6-15/h3-6,11H,7-8,10H2,1-2H3,(H,20,25). The molecule has 3 aromatic rings. The molecule has 7 heteroatoms. The highest BCUT2D eigenvalue weighted by Gasteiger charge is 2.12. The van der Waals surface area contributed by atoms with Crippen LogP contribution in [-0.2, 0) is 17.8 Å². The molecule has 0 saturated heterocycles. The van der Waals surface area contributed by atoms with Crippen LogP contribution in [0.5, 0.6) is 0 Å². The number of hydrogen-bond acceptors (Lipinski definition) is 5. The third-order valence-corrected chi connectivity index (χ3v) is 4.16. The van der Waals surface area contributed by atoms with Gasteiger partial charge in [0.05, 0.1) is 11.6 Å². The van der Waals surface area contributed by atoms with Crippen molar-refractivity contribution in [2.45, 2.75) is 33.2 Å². The Hall–Kier alpha value is -3.27. The second kappa shape index (κ2) is 7.09. The number of aromatic nitrogens is 4. The van der Waals surface area contributed by atoms with Gasteiger partial charge in [0, 0.05) is 24.4 Å². The van der Waals surface area contributed by atoms with Crippen LogP contribution in [0.15, 0.2) is 30.6 Å². The fourth-order valence-electron chi connectivity index (χ4n) is 2.74. The maximum absolute atomic E-state index is 12.1. The molecular weight excluding hydrogens is 316 g/mol. The summed E-state index contributed by atoms with van der Waals surface area (Å²) in [6.45, 7) is 4.33. The molecule has 2 heterocycles. The Morgan fingerprint density at radius 2 is 2.04 bits per heavy atom. The van der Waals surface area contributed by atoms with Gasteiger partial charge >= 0.3 is 0 Å². The molecule has 1 aromatic carbocycles. The largest absolute Gasteiger partial charge is 0.352 e. The molecule has 0 bridgehead atoms. The lowest BCUT2D eigenvalue weighted by atomic mass is 10.1. The van der Waals surface area contributed by atoms with Gasteiger partial charge in [0.2, 0.25) is 5.91 Å². The van der Waals surface area contributed by atoms with E-state index in [9.17, 15) is 4.79 Å². The lowest BCUT2D eigenvalue weighted by molar-refractivity contribution is -0.121. The predicted molar refractivity (Wildman–Crippen MR) is 91.6 cm³/mol. The maximum atomic E-state index is 12.1. The van der Waals surface area contributed by atoms with E-state index in [2.05, 4.69) is 26.5 Å². The summed E-state index contributed by atoms with van der Waals surface area (Å²) in [7, 11) is 0. The normalized spacial score (nSPS) is 10.6. The van der Waals surface area contributed by atoms with Crippen LogP contribution in [-0.4, -0.2) is 25.5 Å². The predicted octanol–water partition coefficient (Wildman–Crippen LogP) is 1.86. The molecule has 0 radical (unpaired) electrons. The number of aryl methyl sites for hydroxylation is 2. The van der Waals surface area contributed by atoms with Crippen molar-refractivity contribution in [2.75, 3.05) is 0 Å². The van der Waals surface area contributed by atoms with Crippen molar-refractivity contribution in [2.24, 2.45) is 0 Å². The number of nitrogens with one attached hydrogen (secondary N) is 1. The van der Waals surface area contributed by atoms with Crippen LogP contribution in [0.1, 0.15) is 34.5 Å². The quantitative estimate of drug-likeness (QED) is 0.768. The van der Waals surface area contributed by atoms with E-state index in [1.165, 1.54) is 6.33 Å². The van der Waals surface area contributed by atoms with E-state index in [1.54, 1.807) is 16.6 Å². The monoisotopic (exact) mass is 334 g/mol. The van der Waals surface area contributed by atoms with Crippen molar-refractivity contribution in [3.05, 3.63) is 58.7 Å². The van der Waals surface area contributed by atoms with Crippen LogP contribution in [0, 0.1) is 25.2 Å². The number of nitriles is 1. The van der Waals surface area contributed by atoms with Gasteiger partial charge in [0.25, 0.3) is 5.78 Å². The molecule has 0 aliphatic heterocycles. The van der Waals surface area contributed by atoms with E-state index in [0.29, 0.717) is 30.7 Å². The smallest absolute Gasteiger partial charge is 0.252 e. The number of benzene rings is 1. The first-order chi connectivity index (χ1) is 12.1. The Kier molecular flexibility index (Phi) is 4.70. The summed E-state index contributed by atoms with van der Waals surface area (Å²) in [6.07, 6.45) is 2.45. The molecule has 0 aliphatic carbocycles. The zero-order chi connectivity index (χ0) is 17.8. The minimum absolute atomic E-state index is 0.0261. The molecular formula is C18H18N6O. The fraction of sp³-hybridized carbons (Fsp3) is 0.278. The van der Waals surface area contributed by atoms with Gasteiger partial charge in [0.1, 0.15) is 6.33 Å². The zero-order valence-corrected chi connectivity index (χ0v) is 14.2. The van der Waals surface area contributed by atoms with Crippen molar-refractivity contribution < 1.29 is 4.79 Å². The van der Waals surface area contributed by atoms with Crippen molar-refractivity contribution in [1.82, 2.24) is 24.9 Å². The van der Waals surface area contributed by atoms with E-state index < -0.39 is 0 Å². The number of nitrogens with zero attached hydrogens (tertiary/aromatic N) is 5. The first-order valence-corrected chi connectivity index (χ1v) is 8.00. The van der Waals surface area contributed by atoms with Gasteiger partial charge in [-0.2, -0.15) is 15.3 Å². The van der Waals surface area contributed by atoms with Crippen LogP contribution >= 0.6 is 0 Å². The van der Waals surface area contributed by atoms with Crippen molar-refractivity contribution >= 4 is 11.7 Å².